The molecule has 28 heavy (non-hydrogen) atoms. The van der Waals surface area contributed by atoms with Crippen molar-refractivity contribution in [2.24, 2.45) is 0 Å². The van der Waals surface area contributed by atoms with Crippen molar-refractivity contribution in [3.05, 3.63) is 102 Å². The minimum Gasteiger partial charge on any atom is -0.467 e. The van der Waals surface area contributed by atoms with Gasteiger partial charge in [-0.3, -0.25) is 4.79 Å². The number of pyridine rings is 1. The first-order valence-electron chi connectivity index (χ1n) is 8.67. The molecule has 0 radical (unpaired) electrons. The van der Waals surface area contributed by atoms with Gasteiger partial charge in [0, 0.05) is 24.2 Å². The van der Waals surface area contributed by atoms with E-state index in [0.29, 0.717) is 29.1 Å². The fraction of sp³-hybridized carbons (Fsp3) is 0.0455. The van der Waals surface area contributed by atoms with Gasteiger partial charge >= 0.3 is 0 Å². The van der Waals surface area contributed by atoms with Crippen molar-refractivity contribution in [1.29, 1.82) is 0 Å². The molecule has 1 aromatic carbocycles. The molecule has 3 heterocycles. The molecule has 0 aliphatic heterocycles. The number of rotatable bonds is 4. The molecule has 0 saturated carbocycles. The lowest BCUT2D eigenvalue weighted by molar-refractivity contribution is 0.0948. The maximum absolute atomic E-state index is 12.5. The summed E-state index contributed by atoms with van der Waals surface area (Å²) in [5.74, 6) is 6.63. The predicted molar refractivity (Wildman–Crippen MR) is 104 cm³/mol. The normalized spacial score (nSPS) is 10.1. The highest BCUT2D eigenvalue weighted by molar-refractivity contribution is 5.94. The number of hydrogen-bond donors (Lipinski definition) is 1. The lowest BCUT2D eigenvalue weighted by Gasteiger charge is -2.08. The highest BCUT2D eigenvalue weighted by Gasteiger charge is 2.11. The molecule has 0 saturated heterocycles. The number of hydrogen-bond acceptors (Lipinski definition) is 4. The summed E-state index contributed by atoms with van der Waals surface area (Å²) >= 11 is 0. The largest absolute Gasteiger partial charge is 0.467 e. The van der Waals surface area contributed by atoms with Gasteiger partial charge in [0.25, 0.3) is 5.91 Å². The number of carbonyl (C=O) groups is 1. The van der Waals surface area contributed by atoms with Gasteiger partial charge in [0.1, 0.15) is 11.5 Å². The number of amides is 1. The van der Waals surface area contributed by atoms with E-state index in [2.05, 4.69) is 27.2 Å². The highest BCUT2D eigenvalue weighted by Crippen LogP contribution is 2.16. The molecule has 1 N–H and O–H groups in total. The zero-order valence-electron chi connectivity index (χ0n) is 14.9. The van der Waals surface area contributed by atoms with E-state index in [1.807, 2.05) is 42.6 Å². The molecule has 4 rings (SSSR count). The first-order valence-corrected chi connectivity index (χ1v) is 8.67. The van der Waals surface area contributed by atoms with Gasteiger partial charge in [-0.2, -0.15) is 5.10 Å². The summed E-state index contributed by atoms with van der Waals surface area (Å²) < 4.78 is 6.96. The number of benzene rings is 1. The van der Waals surface area contributed by atoms with Crippen molar-refractivity contribution in [3.8, 4) is 17.5 Å². The van der Waals surface area contributed by atoms with Crippen LogP contribution in [-0.4, -0.2) is 20.7 Å². The molecule has 1 amide bonds. The second-order valence-corrected chi connectivity index (χ2v) is 5.91. The number of nitrogens with zero attached hydrogens (tertiary/aromatic N) is 3. The Morgan fingerprint density at radius 1 is 1.07 bits per heavy atom. The molecule has 3 aromatic heterocycles. The van der Waals surface area contributed by atoms with Crippen LogP contribution in [0.4, 0.5) is 0 Å². The molecule has 4 aromatic rings. The first-order chi connectivity index (χ1) is 13.8. The third-order valence-corrected chi connectivity index (χ3v) is 4.00. The summed E-state index contributed by atoms with van der Waals surface area (Å²) in [6, 6.07) is 16.3. The lowest BCUT2D eigenvalue weighted by Crippen LogP contribution is -2.22. The summed E-state index contributed by atoms with van der Waals surface area (Å²) in [5, 5.41) is 7.11. The van der Waals surface area contributed by atoms with Crippen LogP contribution in [0.1, 0.15) is 27.4 Å². The van der Waals surface area contributed by atoms with Crippen LogP contribution in [0.15, 0.2) is 83.9 Å². The van der Waals surface area contributed by atoms with Gasteiger partial charge in [-0.25, -0.2) is 9.67 Å². The molecular weight excluding hydrogens is 352 g/mol. The quantitative estimate of drug-likeness (QED) is 0.562. The molecule has 0 spiro atoms. The number of furan rings is 1. The molecular formula is C22H16N4O2. The fourth-order valence-corrected chi connectivity index (χ4v) is 2.64. The van der Waals surface area contributed by atoms with E-state index in [1.165, 1.54) is 0 Å². The molecule has 0 unspecified atom stereocenters. The van der Waals surface area contributed by atoms with Crippen LogP contribution in [0.25, 0.3) is 5.69 Å². The van der Waals surface area contributed by atoms with E-state index in [4.69, 9.17) is 4.42 Å². The Labute approximate surface area is 161 Å². The summed E-state index contributed by atoms with van der Waals surface area (Å²) in [4.78, 5) is 16.7. The van der Waals surface area contributed by atoms with E-state index < -0.39 is 0 Å². The van der Waals surface area contributed by atoms with Crippen LogP contribution in [0.2, 0.25) is 0 Å². The van der Waals surface area contributed by atoms with Crippen molar-refractivity contribution in [2.45, 2.75) is 6.54 Å². The maximum atomic E-state index is 12.5. The monoisotopic (exact) mass is 368 g/mol. The summed E-state index contributed by atoms with van der Waals surface area (Å²) in [6.07, 6.45) is 6.79. The van der Waals surface area contributed by atoms with Crippen LogP contribution in [0.5, 0.6) is 0 Å². The lowest BCUT2D eigenvalue weighted by atomic mass is 10.1. The van der Waals surface area contributed by atoms with Crippen LogP contribution >= 0.6 is 0 Å². The summed E-state index contributed by atoms with van der Waals surface area (Å²) in [6.45, 7) is 0.321. The number of aromatic nitrogens is 3. The average Bonchev–Trinajstić information content (AvgIpc) is 3.45. The Balaban J connectivity index is 1.64. The van der Waals surface area contributed by atoms with Gasteiger partial charge in [0.2, 0.25) is 0 Å². The first kappa shape index (κ1) is 17.3. The van der Waals surface area contributed by atoms with E-state index >= 15 is 0 Å². The van der Waals surface area contributed by atoms with Gasteiger partial charge in [0.05, 0.1) is 24.1 Å². The Morgan fingerprint density at radius 2 is 2.04 bits per heavy atom. The zero-order chi connectivity index (χ0) is 19.2. The maximum Gasteiger partial charge on any atom is 0.251 e. The van der Waals surface area contributed by atoms with Gasteiger partial charge in [-0.05, 0) is 54.5 Å². The second kappa shape index (κ2) is 8.06. The van der Waals surface area contributed by atoms with Crippen molar-refractivity contribution in [2.75, 3.05) is 0 Å². The smallest absolute Gasteiger partial charge is 0.251 e. The van der Waals surface area contributed by atoms with E-state index in [-0.39, 0.29) is 5.91 Å². The predicted octanol–water partition coefficient (Wildman–Crippen LogP) is 3.19. The minimum absolute atomic E-state index is 0.204. The molecule has 6 nitrogen and oxygen atoms in total. The summed E-state index contributed by atoms with van der Waals surface area (Å²) in [7, 11) is 0. The molecule has 136 valence electrons. The zero-order valence-corrected chi connectivity index (χ0v) is 14.9. The second-order valence-electron chi connectivity index (χ2n) is 5.91. The van der Waals surface area contributed by atoms with Gasteiger partial charge in [0.15, 0.2) is 0 Å². The molecule has 0 fully saturated rings. The molecule has 0 bridgehead atoms. The van der Waals surface area contributed by atoms with E-state index in [1.54, 1.807) is 41.5 Å². The molecule has 6 heteroatoms. The van der Waals surface area contributed by atoms with Gasteiger partial charge < -0.3 is 9.73 Å². The summed E-state index contributed by atoms with van der Waals surface area (Å²) in [5.41, 5.74) is 2.63. The molecule has 0 aliphatic carbocycles. The Kier molecular flexibility index (Phi) is 4.98. The van der Waals surface area contributed by atoms with Crippen molar-refractivity contribution in [3.63, 3.8) is 0 Å². The van der Waals surface area contributed by atoms with Crippen molar-refractivity contribution < 1.29 is 9.21 Å². The minimum atomic E-state index is -0.204. The topological polar surface area (TPSA) is 73.0 Å². The standard InChI is InChI=1S/C22H16N4O2/c27-22(24-16-20-6-3-14-28-20)18-8-10-21(26-13-4-12-25-26)17(15-18)7-9-19-5-1-2-11-23-19/h1-6,8,10-15H,16H2,(H,24,27). The Bertz CT molecular complexity index is 1120. The number of nitrogens with one attached hydrogen (secondary N) is 1. The fourth-order valence-electron chi connectivity index (χ4n) is 2.64. The average molecular weight is 368 g/mol. The third kappa shape index (κ3) is 4.00. The number of carbonyl (C=O) groups excluding carboxylic acids is 1. The highest BCUT2D eigenvalue weighted by atomic mass is 16.3. The molecule has 0 atom stereocenters. The van der Waals surface area contributed by atoms with Crippen LogP contribution in [-0.2, 0) is 6.54 Å². The van der Waals surface area contributed by atoms with Gasteiger partial charge in [-0.1, -0.05) is 12.0 Å². The van der Waals surface area contributed by atoms with Crippen LogP contribution in [0, 0.1) is 11.8 Å². The third-order valence-electron chi connectivity index (χ3n) is 4.00. The SMILES string of the molecule is O=C(NCc1ccco1)c1ccc(-n2cccn2)c(C#Cc2ccccn2)c1. The van der Waals surface area contributed by atoms with Crippen molar-refractivity contribution in [1.82, 2.24) is 20.1 Å². The van der Waals surface area contributed by atoms with Crippen LogP contribution < -0.4 is 5.32 Å². The Morgan fingerprint density at radius 3 is 2.79 bits per heavy atom. The molecule has 0 aliphatic rings. The van der Waals surface area contributed by atoms with Crippen molar-refractivity contribution >= 4 is 5.91 Å². The van der Waals surface area contributed by atoms with E-state index in [9.17, 15) is 4.79 Å². The van der Waals surface area contributed by atoms with Gasteiger partial charge in [-0.15, -0.1) is 0 Å². The van der Waals surface area contributed by atoms with E-state index in [0.717, 1.165) is 5.69 Å². The van der Waals surface area contributed by atoms with Crippen LogP contribution in [0.3, 0.4) is 0 Å². The Hall–Kier alpha value is -4.11.